The molecule has 0 aliphatic rings. The summed E-state index contributed by atoms with van der Waals surface area (Å²) in [5, 5.41) is 2.74. The summed E-state index contributed by atoms with van der Waals surface area (Å²) < 4.78 is 11.6. The molecule has 0 radical (unpaired) electrons. The van der Waals surface area contributed by atoms with Gasteiger partial charge in [0, 0.05) is 24.2 Å². The van der Waals surface area contributed by atoms with Crippen molar-refractivity contribution in [3.63, 3.8) is 0 Å². The Morgan fingerprint density at radius 3 is 2.79 bits per heavy atom. The van der Waals surface area contributed by atoms with Gasteiger partial charge in [-0.2, -0.15) is 0 Å². The zero-order chi connectivity index (χ0) is 20.3. The van der Waals surface area contributed by atoms with E-state index in [1.165, 1.54) is 10.7 Å². The number of aryl methyl sites for hydroxylation is 2. The van der Waals surface area contributed by atoms with Crippen molar-refractivity contribution in [3.05, 3.63) is 63.5 Å². The van der Waals surface area contributed by atoms with E-state index in [2.05, 4.69) is 15.1 Å². The van der Waals surface area contributed by atoms with Crippen LogP contribution in [0.3, 0.4) is 0 Å². The second-order valence-electron chi connectivity index (χ2n) is 6.14. The Labute approximate surface area is 160 Å². The van der Waals surface area contributed by atoms with E-state index in [0.717, 1.165) is 0 Å². The second-order valence-corrected chi connectivity index (χ2v) is 6.14. The van der Waals surface area contributed by atoms with Gasteiger partial charge in [0.05, 0.1) is 24.3 Å². The van der Waals surface area contributed by atoms with Crippen LogP contribution < -0.4 is 5.56 Å². The normalized spacial score (nSPS) is 12.0. The standard InChI is InChI=1S/C19H20N4O5/c1-4-27-19(26)17(16-11(2)6-5-8-20-16)28-15(24)10-13-12(3)22-14-7-9-21-23(14)18(13)25/h5-9,17,21H,4,10H2,1-3H3/t17-/m1/s1. The van der Waals surface area contributed by atoms with Crippen molar-refractivity contribution in [2.45, 2.75) is 33.3 Å². The van der Waals surface area contributed by atoms with E-state index in [1.807, 2.05) is 0 Å². The SMILES string of the molecule is CCOC(=O)[C@H](OC(=O)Cc1c(C)nc2cc[nH]n2c1=O)c1ncccc1C. The fourth-order valence-corrected chi connectivity index (χ4v) is 2.83. The van der Waals surface area contributed by atoms with Crippen LogP contribution in [0.25, 0.3) is 5.65 Å². The zero-order valence-corrected chi connectivity index (χ0v) is 15.8. The van der Waals surface area contributed by atoms with E-state index >= 15 is 0 Å². The van der Waals surface area contributed by atoms with Gasteiger partial charge in [-0.15, -0.1) is 0 Å². The Bertz CT molecular complexity index is 1090. The Morgan fingerprint density at radius 1 is 1.29 bits per heavy atom. The minimum absolute atomic E-state index is 0.132. The van der Waals surface area contributed by atoms with Crippen LogP contribution >= 0.6 is 0 Å². The minimum atomic E-state index is -1.31. The topological polar surface area (TPSA) is 116 Å². The van der Waals surface area contributed by atoms with Gasteiger partial charge in [0.2, 0.25) is 6.10 Å². The van der Waals surface area contributed by atoms with Gasteiger partial charge in [0.15, 0.2) is 5.65 Å². The molecular weight excluding hydrogens is 364 g/mol. The third-order valence-corrected chi connectivity index (χ3v) is 4.21. The summed E-state index contributed by atoms with van der Waals surface area (Å²) in [4.78, 5) is 45.9. The average molecular weight is 384 g/mol. The first kappa shape index (κ1) is 19.3. The van der Waals surface area contributed by atoms with Crippen LogP contribution in [0.5, 0.6) is 0 Å². The maximum atomic E-state index is 12.6. The molecular formula is C19H20N4O5. The molecule has 0 aromatic carbocycles. The number of esters is 2. The van der Waals surface area contributed by atoms with Crippen molar-refractivity contribution in [2.75, 3.05) is 6.61 Å². The number of aromatic amines is 1. The van der Waals surface area contributed by atoms with Crippen LogP contribution in [0.2, 0.25) is 0 Å². The molecule has 0 amide bonds. The zero-order valence-electron chi connectivity index (χ0n) is 15.8. The first-order chi connectivity index (χ1) is 13.4. The van der Waals surface area contributed by atoms with E-state index < -0.39 is 23.6 Å². The first-order valence-electron chi connectivity index (χ1n) is 8.75. The number of aromatic nitrogens is 4. The smallest absolute Gasteiger partial charge is 0.353 e. The Hall–Kier alpha value is -3.49. The molecule has 3 heterocycles. The van der Waals surface area contributed by atoms with Crippen molar-refractivity contribution in [1.82, 2.24) is 19.6 Å². The number of carbonyl (C=O) groups excluding carboxylic acids is 2. The monoisotopic (exact) mass is 384 g/mol. The molecule has 0 spiro atoms. The highest BCUT2D eigenvalue weighted by atomic mass is 16.6. The number of carbonyl (C=O) groups is 2. The molecule has 0 unspecified atom stereocenters. The average Bonchev–Trinajstić information content (AvgIpc) is 3.12. The molecule has 9 nitrogen and oxygen atoms in total. The highest BCUT2D eigenvalue weighted by molar-refractivity contribution is 5.81. The molecule has 3 rings (SSSR count). The van der Waals surface area contributed by atoms with Crippen LogP contribution in [0.4, 0.5) is 0 Å². The van der Waals surface area contributed by atoms with Gasteiger partial charge in [0.25, 0.3) is 5.56 Å². The number of pyridine rings is 1. The van der Waals surface area contributed by atoms with Crippen LogP contribution in [0, 0.1) is 13.8 Å². The van der Waals surface area contributed by atoms with E-state index in [0.29, 0.717) is 22.6 Å². The van der Waals surface area contributed by atoms with Crippen LogP contribution in [-0.2, 0) is 25.5 Å². The van der Waals surface area contributed by atoms with Crippen molar-refractivity contribution in [2.24, 2.45) is 0 Å². The lowest BCUT2D eigenvalue weighted by atomic mass is 10.1. The summed E-state index contributed by atoms with van der Waals surface area (Å²) in [7, 11) is 0. The lowest BCUT2D eigenvalue weighted by Gasteiger charge is -2.17. The molecule has 146 valence electrons. The van der Waals surface area contributed by atoms with Gasteiger partial charge >= 0.3 is 11.9 Å². The van der Waals surface area contributed by atoms with Crippen molar-refractivity contribution in [3.8, 4) is 0 Å². The number of rotatable bonds is 6. The van der Waals surface area contributed by atoms with E-state index in [-0.39, 0.29) is 18.6 Å². The predicted octanol–water partition coefficient (Wildman–Crippen LogP) is 1.42. The van der Waals surface area contributed by atoms with Gasteiger partial charge in [-0.05, 0) is 32.4 Å². The molecule has 0 saturated carbocycles. The Balaban J connectivity index is 1.88. The van der Waals surface area contributed by atoms with Crippen molar-refractivity contribution in [1.29, 1.82) is 0 Å². The number of ether oxygens (including phenoxy) is 2. The highest BCUT2D eigenvalue weighted by Gasteiger charge is 2.30. The molecule has 3 aromatic heterocycles. The number of H-pyrrole nitrogens is 1. The third-order valence-electron chi connectivity index (χ3n) is 4.21. The molecule has 1 N–H and O–H groups in total. The van der Waals surface area contributed by atoms with Crippen LogP contribution in [-0.4, -0.2) is 38.1 Å². The number of nitrogens with one attached hydrogen (secondary N) is 1. The summed E-state index contributed by atoms with van der Waals surface area (Å²) in [5.74, 6) is -1.47. The van der Waals surface area contributed by atoms with E-state index in [9.17, 15) is 14.4 Å². The van der Waals surface area contributed by atoms with Crippen molar-refractivity contribution < 1.29 is 19.1 Å². The summed E-state index contributed by atoms with van der Waals surface area (Å²) >= 11 is 0. The molecule has 0 bridgehead atoms. The summed E-state index contributed by atoms with van der Waals surface area (Å²) in [5.41, 5.74) is 1.63. The minimum Gasteiger partial charge on any atom is -0.463 e. The molecule has 28 heavy (non-hydrogen) atoms. The number of nitrogens with zero attached hydrogens (tertiary/aromatic N) is 3. The maximum Gasteiger partial charge on any atom is 0.353 e. The lowest BCUT2D eigenvalue weighted by Crippen LogP contribution is -2.28. The molecule has 0 aliphatic carbocycles. The predicted molar refractivity (Wildman–Crippen MR) is 98.7 cm³/mol. The van der Waals surface area contributed by atoms with Crippen LogP contribution in [0.1, 0.15) is 35.5 Å². The van der Waals surface area contributed by atoms with Crippen molar-refractivity contribution >= 4 is 17.6 Å². The second kappa shape index (κ2) is 8.03. The fourth-order valence-electron chi connectivity index (χ4n) is 2.83. The first-order valence-corrected chi connectivity index (χ1v) is 8.75. The number of fused-ring (bicyclic) bond motifs is 1. The van der Waals surface area contributed by atoms with Gasteiger partial charge in [0.1, 0.15) is 0 Å². The maximum absolute atomic E-state index is 12.6. The molecule has 0 fully saturated rings. The highest BCUT2D eigenvalue weighted by Crippen LogP contribution is 2.21. The van der Waals surface area contributed by atoms with Gasteiger partial charge < -0.3 is 9.47 Å². The quantitative estimate of drug-likeness (QED) is 0.639. The fraction of sp³-hybridized carbons (Fsp3) is 0.316. The molecule has 1 atom stereocenters. The number of hydrogen-bond donors (Lipinski definition) is 1. The summed E-state index contributed by atoms with van der Waals surface area (Å²) in [6.45, 7) is 5.18. The third kappa shape index (κ3) is 3.78. The Morgan fingerprint density at radius 2 is 2.07 bits per heavy atom. The van der Waals surface area contributed by atoms with Gasteiger partial charge in [-0.1, -0.05) is 6.07 Å². The summed E-state index contributed by atoms with van der Waals surface area (Å²) in [6, 6.07) is 5.11. The Kier molecular flexibility index (Phi) is 5.53. The molecule has 3 aromatic rings. The molecule has 0 aliphatic heterocycles. The van der Waals surface area contributed by atoms with Gasteiger partial charge in [-0.3, -0.25) is 19.7 Å². The van der Waals surface area contributed by atoms with Crippen LogP contribution in [0.15, 0.2) is 35.4 Å². The largest absolute Gasteiger partial charge is 0.463 e. The van der Waals surface area contributed by atoms with E-state index in [4.69, 9.17) is 9.47 Å². The number of hydrogen-bond acceptors (Lipinski definition) is 7. The lowest BCUT2D eigenvalue weighted by molar-refractivity contribution is -0.168. The van der Waals surface area contributed by atoms with Gasteiger partial charge in [-0.25, -0.2) is 14.3 Å². The molecule has 9 heteroatoms. The molecule has 0 saturated heterocycles. The summed E-state index contributed by atoms with van der Waals surface area (Å²) in [6.07, 6.45) is 1.44. The van der Waals surface area contributed by atoms with E-state index in [1.54, 1.807) is 45.2 Å².